The van der Waals surface area contributed by atoms with Crippen molar-refractivity contribution in [2.24, 2.45) is 11.8 Å². The zero-order valence-electron chi connectivity index (χ0n) is 8.28. The zero-order chi connectivity index (χ0) is 8.93. The molecule has 0 nitrogen and oxygen atoms in total. The minimum Gasteiger partial charge on any atom is -0.0810 e. The molecule has 1 radical (unpaired) electrons. The second-order valence-electron chi connectivity index (χ2n) is 4.26. The Bertz CT molecular complexity index is 157. The van der Waals surface area contributed by atoms with Gasteiger partial charge < -0.3 is 0 Å². The Labute approximate surface area is 81.7 Å². The molecule has 0 spiro atoms. The highest BCUT2D eigenvalue weighted by Crippen LogP contribution is 2.31. The first kappa shape index (κ1) is 9.05. The van der Waals surface area contributed by atoms with E-state index in [1.807, 2.05) is 0 Å². The average molecular weight is 175 g/mol. The van der Waals surface area contributed by atoms with E-state index in [0.29, 0.717) is 0 Å². The Hall–Kier alpha value is -0.520. The van der Waals surface area contributed by atoms with E-state index in [-0.39, 0.29) is 0 Å². The van der Waals surface area contributed by atoms with Crippen molar-refractivity contribution in [2.45, 2.75) is 38.5 Å². The van der Waals surface area contributed by atoms with Gasteiger partial charge in [-0.15, -0.1) is 0 Å². The molecule has 3 aliphatic rings. The lowest BCUT2D eigenvalue weighted by Crippen LogP contribution is -1.87. The Balaban J connectivity index is 0.000000102. The molecule has 3 aliphatic carbocycles. The third-order valence-corrected chi connectivity index (χ3v) is 3.07. The Morgan fingerprint density at radius 2 is 1.23 bits per heavy atom. The summed E-state index contributed by atoms with van der Waals surface area (Å²) in [7, 11) is 0. The first-order valence-electron chi connectivity index (χ1n) is 5.63. The molecule has 3 rings (SSSR count). The molecule has 0 saturated heterocycles. The molecule has 0 aromatic heterocycles. The van der Waals surface area contributed by atoms with Crippen molar-refractivity contribution in [3.63, 3.8) is 0 Å². The van der Waals surface area contributed by atoms with Crippen LogP contribution in [-0.4, -0.2) is 0 Å². The molecule has 0 heteroatoms. The van der Waals surface area contributed by atoms with Crippen LogP contribution in [0, 0.1) is 18.3 Å². The summed E-state index contributed by atoms with van der Waals surface area (Å²) in [5, 5.41) is 0. The second-order valence-corrected chi connectivity index (χ2v) is 4.26. The van der Waals surface area contributed by atoms with Gasteiger partial charge in [-0.3, -0.25) is 0 Å². The van der Waals surface area contributed by atoms with Crippen LogP contribution in [-0.2, 0) is 0 Å². The van der Waals surface area contributed by atoms with Crippen molar-refractivity contribution in [2.75, 3.05) is 0 Å². The smallest absolute Gasteiger partial charge is 0.00445 e. The summed E-state index contributed by atoms with van der Waals surface area (Å²) < 4.78 is 0. The average Bonchev–Trinajstić information content (AvgIpc) is 2.85. The summed E-state index contributed by atoms with van der Waals surface area (Å²) in [5.74, 6) is 1.62. The molecule has 2 bridgehead atoms. The van der Waals surface area contributed by atoms with Crippen molar-refractivity contribution in [1.29, 1.82) is 0 Å². The van der Waals surface area contributed by atoms with Gasteiger partial charge in [-0.05, 0) is 24.7 Å². The van der Waals surface area contributed by atoms with Gasteiger partial charge in [-0.1, -0.05) is 56.4 Å². The molecule has 0 unspecified atom stereocenters. The minimum atomic E-state index is 0.810. The summed E-state index contributed by atoms with van der Waals surface area (Å²) in [6.07, 6.45) is 20.0. The molecule has 0 aromatic carbocycles. The van der Waals surface area contributed by atoms with Crippen LogP contribution in [0.3, 0.4) is 0 Å². The maximum Gasteiger partial charge on any atom is -0.00445 e. The van der Waals surface area contributed by atoms with Crippen LogP contribution in [0.25, 0.3) is 0 Å². The number of hydrogen-bond acceptors (Lipinski definition) is 0. The third kappa shape index (κ3) is 2.72. The van der Waals surface area contributed by atoms with Gasteiger partial charge in [0.05, 0.1) is 0 Å². The molecule has 0 atom stereocenters. The predicted molar refractivity (Wildman–Crippen MR) is 57.3 cm³/mol. The highest BCUT2D eigenvalue weighted by atomic mass is 14.2. The predicted octanol–water partition coefficient (Wildman–Crippen LogP) is 3.90. The first-order chi connectivity index (χ1) is 6.45. The SMILES string of the molecule is C1=CC2C=CC1C2.[CH]1CCCCC1. The van der Waals surface area contributed by atoms with E-state index in [1.54, 1.807) is 0 Å². The van der Waals surface area contributed by atoms with Crippen molar-refractivity contribution >= 4 is 0 Å². The van der Waals surface area contributed by atoms with Crippen molar-refractivity contribution in [1.82, 2.24) is 0 Å². The van der Waals surface area contributed by atoms with Gasteiger partial charge >= 0.3 is 0 Å². The lowest BCUT2D eigenvalue weighted by molar-refractivity contribution is 0.593. The van der Waals surface area contributed by atoms with Gasteiger partial charge in [-0.25, -0.2) is 0 Å². The largest absolute Gasteiger partial charge is 0.0810 e. The topological polar surface area (TPSA) is 0 Å². The monoisotopic (exact) mass is 175 g/mol. The van der Waals surface area contributed by atoms with Gasteiger partial charge in [0, 0.05) is 0 Å². The quantitative estimate of drug-likeness (QED) is 0.490. The van der Waals surface area contributed by atoms with E-state index in [0.717, 1.165) is 11.8 Å². The van der Waals surface area contributed by atoms with Crippen molar-refractivity contribution < 1.29 is 0 Å². The van der Waals surface area contributed by atoms with Crippen molar-refractivity contribution in [3.8, 4) is 0 Å². The van der Waals surface area contributed by atoms with Gasteiger partial charge in [-0.2, -0.15) is 0 Å². The number of fused-ring (bicyclic) bond motifs is 2. The molecule has 0 aromatic rings. The summed E-state index contributed by atoms with van der Waals surface area (Å²) in [4.78, 5) is 0. The van der Waals surface area contributed by atoms with Gasteiger partial charge in [0.1, 0.15) is 0 Å². The molecule has 1 fully saturated rings. The number of hydrogen-bond donors (Lipinski definition) is 0. The fourth-order valence-corrected chi connectivity index (χ4v) is 2.23. The standard InChI is InChI=1S/C7H8.C6H11/c1-2-7-4-3-6(1)5-7;1-2-4-6-5-3-1/h1-4,6-7H,5H2;1H,2-6H2. The Kier molecular flexibility index (Phi) is 3.23. The van der Waals surface area contributed by atoms with E-state index in [1.165, 1.54) is 38.5 Å². The molecule has 0 heterocycles. The second kappa shape index (κ2) is 4.64. The molecule has 13 heavy (non-hydrogen) atoms. The summed E-state index contributed by atoms with van der Waals surface area (Å²) in [6.45, 7) is 0. The molecular formula is C13H19. The van der Waals surface area contributed by atoms with Crippen LogP contribution >= 0.6 is 0 Å². The lowest BCUT2D eigenvalue weighted by Gasteiger charge is -2.05. The fraction of sp³-hybridized carbons (Fsp3) is 0.615. The van der Waals surface area contributed by atoms with Crippen LogP contribution in [0.4, 0.5) is 0 Å². The molecule has 0 amide bonds. The van der Waals surface area contributed by atoms with Gasteiger partial charge in [0.2, 0.25) is 0 Å². The first-order valence-corrected chi connectivity index (χ1v) is 5.63. The Morgan fingerprint density at radius 3 is 1.38 bits per heavy atom. The summed E-state index contributed by atoms with van der Waals surface area (Å²) >= 11 is 0. The van der Waals surface area contributed by atoms with Gasteiger partial charge in [0.15, 0.2) is 0 Å². The minimum absolute atomic E-state index is 0.810. The Morgan fingerprint density at radius 1 is 0.692 bits per heavy atom. The van der Waals surface area contributed by atoms with Crippen LogP contribution in [0.2, 0.25) is 0 Å². The van der Waals surface area contributed by atoms with Crippen molar-refractivity contribution in [3.05, 3.63) is 30.7 Å². The van der Waals surface area contributed by atoms with Crippen LogP contribution in [0.15, 0.2) is 24.3 Å². The van der Waals surface area contributed by atoms with E-state index >= 15 is 0 Å². The zero-order valence-corrected chi connectivity index (χ0v) is 8.28. The summed E-state index contributed by atoms with van der Waals surface area (Å²) in [6, 6.07) is 0. The number of rotatable bonds is 0. The van der Waals surface area contributed by atoms with E-state index in [4.69, 9.17) is 0 Å². The maximum atomic E-state index is 2.39. The third-order valence-electron chi connectivity index (χ3n) is 3.07. The molecule has 71 valence electrons. The molecule has 0 aliphatic heterocycles. The van der Waals surface area contributed by atoms with Crippen LogP contribution < -0.4 is 0 Å². The molecule has 0 N–H and O–H groups in total. The summed E-state index contributed by atoms with van der Waals surface area (Å²) in [5.41, 5.74) is 0. The lowest BCUT2D eigenvalue weighted by atomic mass is 10.0. The fourth-order valence-electron chi connectivity index (χ4n) is 2.23. The molecule has 1 saturated carbocycles. The van der Waals surface area contributed by atoms with E-state index < -0.39 is 0 Å². The van der Waals surface area contributed by atoms with E-state index in [9.17, 15) is 0 Å². The number of allylic oxidation sites excluding steroid dienone is 4. The normalized spacial score (nSPS) is 34.5. The maximum absolute atomic E-state index is 2.39. The molecular weight excluding hydrogens is 156 g/mol. The van der Waals surface area contributed by atoms with Crippen LogP contribution in [0.1, 0.15) is 38.5 Å². The van der Waals surface area contributed by atoms with Crippen LogP contribution in [0.5, 0.6) is 0 Å². The highest BCUT2D eigenvalue weighted by molar-refractivity contribution is 5.21. The highest BCUT2D eigenvalue weighted by Gasteiger charge is 2.19. The van der Waals surface area contributed by atoms with E-state index in [2.05, 4.69) is 30.7 Å². The van der Waals surface area contributed by atoms with Gasteiger partial charge in [0.25, 0.3) is 0 Å².